The zero-order valence-corrected chi connectivity index (χ0v) is 7.86. The van der Waals surface area contributed by atoms with E-state index in [-0.39, 0.29) is 17.9 Å². The molecule has 2 heterocycles. The molecule has 2 N–H and O–H groups in total. The molecule has 1 saturated heterocycles. The molecule has 1 amide bonds. The number of carbonyl (C=O) groups is 1. The third-order valence-corrected chi connectivity index (χ3v) is 2.30. The summed E-state index contributed by atoms with van der Waals surface area (Å²) in [4.78, 5) is 15.4. The molecule has 1 fully saturated rings. The van der Waals surface area contributed by atoms with Crippen LogP contribution >= 0.6 is 0 Å². The number of hydrogen-bond acceptors (Lipinski definition) is 4. The second kappa shape index (κ2) is 3.75. The highest BCUT2D eigenvalue weighted by atomic mass is 16.5. The number of nitrogens with one attached hydrogen (secondary N) is 2. The predicted molar refractivity (Wildman–Crippen MR) is 48.5 cm³/mol. The van der Waals surface area contributed by atoms with Crippen molar-refractivity contribution in [3.05, 3.63) is 6.33 Å². The van der Waals surface area contributed by atoms with Gasteiger partial charge in [0.15, 0.2) is 0 Å². The van der Waals surface area contributed by atoms with Gasteiger partial charge in [-0.2, -0.15) is 10.1 Å². The quantitative estimate of drug-likeness (QED) is 0.706. The van der Waals surface area contributed by atoms with Gasteiger partial charge >= 0.3 is 0 Å². The van der Waals surface area contributed by atoms with Crippen LogP contribution < -0.4 is 5.32 Å². The summed E-state index contributed by atoms with van der Waals surface area (Å²) >= 11 is 0. The van der Waals surface area contributed by atoms with Crippen molar-refractivity contribution < 1.29 is 9.53 Å². The van der Waals surface area contributed by atoms with Gasteiger partial charge in [-0.3, -0.25) is 10.1 Å². The second-order valence-electron chi connectivity index (χ2n) is 3.38. The van der Waals surface area contributed by atoms with E-state index in [1.54, 1.807) is 0 Å². The molecule has 6 nitrogen and oxygen atoms in total. The standard InChI is InChI=1S/C8H12N4O2/c1-5-2-3-14-6(5)7(13)11-8-9-4-10-12-8/h4-6H,2-3H2,1H3,(H2,9,10,11,12,13). The van der Waals surface area contributed by atoms with Crippen molar-refractivity contribution in [2.24, 2.45) is 5.92 Å². The molecule has 2 rings (SSSR count). The molecule has 0 aromatic carbocycles. The summed E-state index contributed by atoms with van der Waals surface area (Å²) in [6.07, 6.45) is 1.91. The number of aromatic nitrogens is 3. The van der Waals surface area contributed by atoms with Crippen LogP contribution in [0, 0.1) is 5.92 Å². The molecule has 0 spiro atoms. The zero-order valence-electron chi connectivity index (χ0n) is 7.86. The van der Waals surface area contributed by atoms with Gasteiger partial charge in [-0.25, -0.2) is 5.10 Å². The molecule has 1 aliphatic rings. The van der Waals surface area contributed by atoms with Crippen molar-refractivity contribution in [3.8, 4) is 0 Å². The lowest BCUT2D eigenvalue weighted by Gasteiger charge is -2.12. The van der Waals surface area contributed by atoms with Crippen molar-refractivity contribution in [1.82, 2.24) is 15.2 Å². The topological polar surface area (TPSA) is 79.9 Å². The Kier molecular flexibility index (Phi) is 2.45. The number of anilines is 1. The van der Waals surface area contributed by atoms with E-state index in [4.69, 9.17) is 4.74 Å². The van der Waals surface area contributed by atoms with Crippen LogP contribution in [0.25, 0.3) is 0 Å². The third kappa shape index (κ3) is 1.74. The molecular formula is C8H12N4O2. The Hall–Kier alpha value is -1.43. The molecule has 1 aliphatic heterocycles. The number of rotatable bonds is 2. The minimum atomic E-state index is -0.361. The first-order valence-electron chi connectivity index (χ1n) is 4.55. The minimum Gasteiger partial charge on any atom is -0.368 e. The largest absolute Gasteiger partial charge is 0.368 e. The highest BCUT2D eigenvalue weighted by Gasteiger charge is 2.31. The van der Waals surface area contributed by atoms with E-state index < -0.39 is 0 Å². The van der Waals surface area contributed by atoms with Gasteiger partial charge in [0.2, 0.25) is 5.95 Å². The number of hydrogen-bond donors (Lipinski definition) is 2. The monoisotopic (exact) mass is 196 g/mol. The van der Waals surface area contributed by atoms with E-state index in [1.165, 1.54) is 6.33 Å². The van der Waals surface area contributed by atoms with Crippen LogP contribution in [0.4, 0.5) is 5.95 Å². The van der Waals surface area contributed by atoms with Gasteiger partial charge in [-0.05, 0) is 12.3 Å². The molecule has 0 aliphatic carbocycles. The van der Waals surface area contributed by atoms with Crippen LogP contribution in [0.2, 0.25) is 0 Å². The number of H-pyrrole nitrogens is 1. The molecular weight excluding hydrogens is 184 g/mol. The molecule has 1 aromatic heterocycles. The van der Waals surface area contributed by atoms with Gasteiger partial charge < -0.3 is 4.74 Å². The Morgan fingerprint density at radius 3 is 3.21 bits per heavy atom. The van der Waals surface area contributed by atoms with Crippen molar-refractivity contribution in [1.29, 1.82) is 0 Å². The first kappa shape index (κ1) is 9.14. The Morgan fingerprint density at radius 2 is 2.64 bits per heavy atom. The van der Waals surface area contributed by atoms with E-state index in [0.717, 1.165) is 6.42 Å². The molecule has 0 bridgehead atoms. The maximum absolute atomic E-state index is 11.6. The first-order chi connectivity index (χ1) is 6.77. The molecule has 6 heteroatoms. The predicted octanol–water partition coefficient (Wildman–Crippen LogP) is 0.168. The summed E-state index contributed by atoms with van der Waals surface area (Å²) in [6.45, 7) is 2.65. The molecule has 76 valence electrons. The summed E-state index contributed by atoms with van der Waals surface area (Å²) in [5.41, 5.74) is 0. The maximum Gasteiger partial charge on any atom is 0.256 e. The van der Waals surface area contributed by atoms with Crippen LogP contribution in [-0.2, 0) is 9.53 Å². The van der Waals surface area contributed by atoms with Gasteiger partial charge in [0.25, 0.3) is 5.91 Å². The molecule has 14 heavy (non-hydrogen) atoms. The normalized spacial score (nSPS) is 26.4. The van der Waals surface area contributed by atoms with Crippen molar-refractivity contribution in [3.63, 3.8) is 0 Å². The second-order valence-corrected chi connectivity index (χ2v) is 3.38. The van der Waals surface area contributed by atoms with Gasteiger partial charge in [0.1, 0.15) is 12.4 Å². The average molecular weight is 196 g/mol. The lowest BCUT2D eigenvalue weighted by molar-refractivity contribution is -0.126. The molecule has 1 aromatic rings. The Bertz CT molecular complexity index is 311. The van der Waals surface area contributed by atoms with Crippen LogP contribution in [0.1, 0.15) is 13.3 Å². The van der Waals surface area contributed by atoms with Crippen LogP contribution in [0.5, 0.6) is 0 Å². The van der Waals surface area contributed by atoms with Gasteiger partial charge in [0.05, 0.1) is 0 Å². The van der Waals surface area contributed by atoms with Gasteiger partial charge in [-0.15, -0.1) is 0 Å². The average Bonchev–Trinajstić information content (AvgIpc) is 2.75. The number of ether oxygens (including phenoxy) is 1. The van der Waals surface area contributed by atoms with E-state index in [9.17, 15) is 4.79 Å². The Morgan fingerprint density at radius 1 is 1.79 bits per heavy atom. The lowest BCUT2D eigenvalue weighted by atomic mass is 10.0. The Balaban J connectivity index is 1.95. The fourth-order valence-corrected chi connectivity index (χ4v) is 1.48. The highest BCUT2D eigenvalue weighted by Crippen LogP contribution is 2.20. The number of amides is 1. The summed E-state index contributed by atoms with van der Waals surface area (Å²) in [6, 6.07) is 0. The Labute approximate surface area is 81.1 Å². The molecule has 2 atom stereocenters. The molecule has 0 radical (unpaired) electrons. The number of carbonyl (C=O) groups excluding carboxylic acids is 1. The van der Waals surface area contributed by atoms with Crippen molar-refractivity contribution in [2.75, 3.05) is 11.9 Å². The summed E-state index contributed by atoms with van der Waals surface area (Å²) in [7, 11) is 0. The van der Waals surface area contributed by atoms with E-state index in [1.807, 2.05) is 6.92 Å². The van der Waals surface area contributed by atoms with Crippen LogP contribution in [0.3, 0.4) is 0 Å². The van der Waals surface area contributed by atoms with Crippen molar-refractivity contribution in [2.45, 2.75) is 19.4 Å². The van der Waals surface area contributed by atoms with Gasteiger partial charge in [-0.1, -0.05) is 6.92 Å². The van der Waals surface area contributed by atoms with E-state index in [0.29, 0.717) is 12.6 Å². The number of aromatic amines is 1. The fourth-order valence-electron chi connectivity index (χ4n) is 1.48. The third-order valence-electron chi connectivity index (χ3n) is 2.30. The van der Waals surface area contributed by atoms with Crippen LogP contribution in [0.15, 0.2) is 6.33 Å². The number of nitrogens with zero attached hydrogens (tertiary/aromatic N) is 2. The summed E-state index contributed by atoms with van der Waals surface area (Å²) in [5, 5.41) is 8.79. The zero-order chi connectivity index (χ0) is 9.97. The maximum atomic E-state index is 11.6. The van der Waals surface area contributed by atoms with E-state index >= 15 is 0 Å². The van der Waals surface area contributed by atoms with Gasteiger partial charge in [0, 0.05) is 6.61 Å². The highest BCUT2D eigenvalue weighted by molar-refractivity contribution is 5.92. The fraction of sp³-hybridized carbons (Fsp3) is 0.625. The van der Waals surface area contributed by atoms with Crippen LogP contribution in [-0.4, -0.2) is 33.8 Å². The summed E-state index contributed by atoms with van der Waals surface area (Å²) < 4.78 is 5.30. The summed E-state index contributed by atoms with van der Waals surface area (Å²) in [5.74, 6) is 0.461. The SMILES string of the molecule is CC1CCOC1C(=O)Nc1ncn[nH]1. The molecule has 0 saturated carbocycles. The van der Waals surface area contributed by atoms with E-state index in [2.05, 4.69) is 20.5 Å². The molecule has 2 unspecified atom stereocenters. The lowest BCUT2D eigenvalue weighted by Crippen LogP contribution is -2.31. The van der Waals surface area contributed by atoms with Crippen molar-refractivity contribution >= 4 is 11.9 Å². The smallest absolute Gasteiger partial charge is 0.256 e. The first-order valence-corrected chi connectivity index (χ1v) is 4.55. The minimum absolute atomic E-state index is 0.160.